The molecule has 1 aromatic heterocycles. The van der Waals surface area contributed by atoms with E-state index in [1.165, 1.54) is 12.1 Å². The summed E-state index contributed by atoms with van der Waals surface area (Å²) < 4.78 is 39.2. The summed E-state index contributed by atoms with van der Waals surface area (Å²) in [5.74, 6) is -0.735. The van der Waals surface area contributed by atoms with Crippen molar-refractivity contribution in [2.75, 3.05) is 17.7 Å². The second-order valence-corrected chi connectivity index (χ2v) is 12.2. The molecule has 1 atom stereocenters. The number of sulfonamides is 1. The fourth-order valence-corrected chi connectivity index (χ4v) is 5.14. The molecule has 2 aromatic carbocycles. The van der Waals surface area contributed by atoms with Crippen molar-refractivity contribution in [2.24, 2.45) is 0 Å². The third kappa shape index (κ3) is 9.37. The second kappa shape index (κ2) is 14.6. The van der Waals surface area contributed by atoms with Crippen molar-refractivity contribution in [1.82, 2.24) is 20.0 Å². The van der Waals surface area contributed by atoms with Gasteiger partial charge in [0.25, 0.3) is 11.5 Å². The number of rotatable bonds is 14. The molecule has 0 bridgehead atoms. The number of aryl methyl sites for hydroxylation is 2. The molecule has 12 nitrogen and oxygen atoms in total. The Labute approximate surface area is 254 Å². The van der Waals surface area contributed by atoms with Crippen molar-refractivity contribution >= 4 is 44.4 Å². The minimum absolute atomic E-state index is 0.0213. The van der Waals surface area contributed by atoms with Gasteiger partial charge in [0.2, 0.25) is 15.9 Å². The molecule has 0 aliphatic heterocycles. The summed E-state index contributed by atoms with van der Waals surface area (Å²) in [6.45, 7) is 3.89. The second-order valence-electron chi connectivity index (χ2n) is 10.4. The molecule has 0 saturated heterocycles. The molecule has 2 amide bonds. The first-order valence-corrected chi connectivity index (χ1v) is 15.6. The Morgan fingerprint density at radius 1 is 1.16 bits per heavy atom. The molecule has 0 aliphatic rings. The number of halogens is 1. The molecule has 3 aromatic rings. The lowest BCUT2D eigenvalue weighted by molar-refractivity contribution is -0.139. The number of unbranched alkanes of at least 4 members (excludes halogenated alkanes) is 2. The van der Waals surface area contributed by atoms with Crippen LogP contribution in [0.15, 0.2) is 35.1 Å². The molecule has 0 spiro atoms. The number of carboxylic acids is 1. The first-order chi connectivity index (χ1) is 20.7. The van der Waals surface area contributed by atoms with Gasteiger partial charge < -0.3 is 20.3 Å². The van der Waals surface area contributed by atoms with Gasteiger partial charge in [-0.05, 0) is 68.1 Å². The molecule has 14 heteroatoms. The summed E-state index contributed by atoms with van der Waals surface area (Å²) in [6, 6.07) is 6.09. The molecule has 0 saturated carbocycles. The molecule has 0 fully saturated rings. The van der Waals surface area contributed by atoms with Crippen molar-refractivity contribution in [2.45, 2.75) is 58.5 Å². The normalized spacial score (nSPS) is 11.9. The molecule has 1 heterocycles. The average molecular weight is 628 g/mol. The van der Waals surface area contributed by atoms with Crippen LogP contribution in [0.1, 0.15) is 59.4 Å². The number of hydrogen-bond donors (Lipinski definition) is 4. The monoisotopic (exact) mass is 627 g/mol. The van der Waals surface area contributed by atoms with E-state index < -0.39 is 39.7 Å². The number of terminal acetylenes is 1. The van der Waals surface area contributed by atoms with Gasteiger partial charge in [-0.3, -0.25) is 19.1 Å². The van der Waals surface area contributed by atoms with Gasteiger partial charge in [0.15, 0.2) is 0 Å². The minimum Gasteiger partial charge on any atom is -0.480 e. The summed E-state index contributed by atoms with van der Waals surface area (Å²) >= 11 is 0. The molecule has 4 N–H and O–H groups in total. The van der Waals surface area contributed by atoms with E-state index in [2.05, 4.69) is 21.2 Å². The van der Waals surface area contributed by atoms with Gasteiger partial charge in [0, 0.05) is 18.7 Å². The number of hydrogen-bond acceptors (Lipinski definition) is 8. The SMILES string of the molecule is C#CCN(Cc1cc2c(=O)[nH]c(C)nc2cc1C)c1ccc(C(=O)N[C@@H](CCCCCC(=O)NS(C)(=O)=O)C(=O)O)c(F)c1. The Hall–Kier alpha value is -4.77. The minimum atomic E-state index is -3.65. The van der Waals surface area contributed by atoms with Crippen LogP contribution >= 0.6 is 0 Å². The van der Waals surface area contributed by atoms with Gasteiger partial charge in [-0.1, -0.05) is 18.8 Å². The van der Waals surface area contributed by atoms with Crippen LogP contribution in [0.3, 0.4) is 0 Å². The van der Waals surface area contributed by atoms with E-state index in [0.717, 1.165) is 23.4 Å². The number of nitrogens with zero attached hydrogens (tertiary/aromatic N) is 2. The molecular weight excluding hydrogens is 593 g/mol. The highest BCUT2D eigenvalue weighted by atomic mass is 32.2. The van der Waals surface area contributed by atoms with Crippen LogP contribution in [0.25, 0.3) is 10.9 Å². The summed E-state index contributed by atoms with van der Waals surface area (Å²) in [5.41, 5.74) is 1.91. The number of aliphatic carboxylic acids is 1. The summed E-state index contributed by atoms with van der Waals surface area (Å²) in [7, 11) is -3.65. The summed E-state index contributed by atoms with van der Waals surface area (Å²) in [5, 5.41) is 12.3. The Bertz CT molecular complexity index is 1780. The Balaban J connectivity index is 1.68. The summed E-state index contributed by atoms with van der Waals surface area (Å²) in [4.78, 5) is 57.3. The molecule has 234 valence electrons. The van der Waals surface area contributed by atoms with Crippen LogP contribution in [-0.2, 0) is 26.2 Å². The van der Waals surface area contributed by atoms with Crippen molar-refractivity contribution in [3.8, 4) is 12.3 Å². The molecule has 0 unspecified atom stereocenters. The predicted octanol–water partition coefficient (Wildman–Crippen LogP) is 2.53. The van der Waals surface area contributed by atoms with Gasteiger partial charge in [0.1, 0.15) is 17.7 Å². The van der Waals surface area contributed by atoms with Crippen LogP contribution in [0, 0.1) is 32.0 Å². The van der Waals surface area contributed by atoms with Gasteiger partial charge in [-0.15, -0.1) is 6.42 Å². The molecule has 3 rings (SSSR count). The van der Waals surface area contributed by atoms with E-state index in [4.69, 9.17) is 6.42 Å². The van der Waals surface area contributed by atoms with E-state index in [0.29, 0.717) is 41.7 Å². The number of carboxylic acid groups (broad SMARTS) is 1. The van der Waals surface area contributed by atoms with E-state index in [1.54, 1.807) is 24.0 Å². The first-order valence-electron chi connectivity index (χ1n) is 13.7. The number of nitrogens with one attached hydrogen (secondary N) is 3. The zero-order valence-corrected chi connectivity index (χ0v) is 25.4. The number of aromatic nitrogens is 2. The van der Waals surface area contributed by atoms with Gasteiger partial charge in [0.05, 0.1) is 29.3 Å². The molecule has 0 aliphatic carbocycles. The van der Waals surface area contributed by atoms with Crippen molar-refractivity contribution in [3.63, 3.8) is 0 Å². The van der Waals surface area contributed by atoms with E-state index in [-0.39, 0.29) is 37.1 Å². The third-order valence-electron chi connectivity index (χ3n) is 6.79. The number of anilines is 1. The van der Waals surface area contributed by atoms with E-state index in [9.17, 15) is 32.7 Å². The third-order valence-corrected chi connectivity index (χ3v) is 7.39. The fraction of sp³-hybridized carbons (Fsp3) is 0.367. The smallest absolute Gasteiger partial charge is 0.326 e. The van der Waals surface area contributed by atoms with E-state index in [1.807, 2.05) is 11.6 Å². The van der Waals surface area contributed by atoms with Gasteiger partial charge >= 0.3 is 5.97 Å². The Morgan fingerprint density at radius 3 is 2.52 bits per heavy atom. The topological polar surface area (TPSA) is 179 Å². The Kier molecular flexibility index (Phi) is 11.2. The zero-order chi connectivity index (χ0) is 32.6. The number of H-pyrrole nitrogens is 1. The first kappa shape index (κ1) is 33.7. The predicted molar refractivity (Wildman–Crippen MR) is 163 cm³/mol. The maximum absolute atomic E-state index is 15.2. The van der Waals surface area contributed by atoms with Crippen LogP contribution in [0.2, 0.25) is 0 Å². The largest absolute Gasteiger partial charge is 0.480 e. The lowest BCUT2D eigenvalue weighted by Crippen LogP contribution is -2.41. The van der Waals surface area contributed by atoms with Crippen LogP contribution in [0.4, 0.5) is 10.1 Å². The number of amides is 2. The lowest BCUT2D eigenvalue weighted by atomic mass is 10.0. The van der Waals surface area contributed by atoms with Crippen LogP contribution < -0.4 is 20.5 Å². The summed E-state index contributed by atoms with van der Waals surface area (Å²) in [6.07, 6.45) is 7.45. The number of benzene rings is 2. The highest BCUT2D eigenvalue weighted by Crippen LogP contribution is 2.24. The van der Waals surface area contributed by atoms with Gasteiger partial charge in [-0.25, -0.2) is 22.6 Å². The Morgan fingerprint density at radius 2 is 1.89 bits per heavy atom. The van der Waals surface area contributed by atoms with Crippen molar-refractivity contribution in [3.05, 3.63) is 69.0 Å². The lowest BCUT2D eigenvalue weighted by Gasteiger charge is -2.24. The quantitative estimate of drug-likeness (QED) is 0.154. The number of fused-ring (bicyclic) bond motifs is 1. The van der Waals surface area contributed by atoms with Crippen LogP contribution in [-0.4, -0.2) is 60.1 Å². The highest BCUT2D eigenvalue weighted by molar-refractivity contribution is 7.89. The molecule has 0 radical (unpaired) electrons. The maximum atomic E-state index is 15.2. The average Bonchev–Trinajstić information content (AvgIpc) is 2.91. The van der Waals surface area contributed by atoms with E-state index >= 15 is 4.39 Å². The van der Waals surface area contributed by atoms with Crippen molar-refractivity contribution in [1.29, 1.82) is 0 Å². The van der Waals surface area contributed by atoms with Crippen LogP contribution in [0.5, 0.6) is 0 Å². The zero-order valence-electron chi connectivity index (χ0n) is 24.6. The van der Waals surface area contributed by atoms with Gasteiger partial charge in [-0.2, -0.15) is 0 Å². The number of carbonyl (C=O) groups is 3. The number of aromatic amines is 1. The highest BCUT2D eigenvalue weighted by Gasteiger charge is 2.23. The molecular formula is C30H34FN5O7S. The van der Waals surface area contributed by atoms with Crippen molar-refractivity contribution < 1.29 is 32.3 Å². The standard InChI is InChI=1S/C30H34FN5O7S/c1-5-13-36(17-20-15-23-26(14-18(20)2)32-19(3)33-29(23)39)21-11-12-22(24(31)16-21)28(38)34-25(30(40)41)9-7-6-8-10-27(37)35-44(4,42)43/h1,11-12,14-16,25H,6-10,13,17H2,2-4H3,(H,34,38)(H,35,37)(H,40,41)(H,32,33,39)/t25-/m0/s1. The molecule has 44 heavy (non-hydrogen) atoms. The fourth-order valence-electron chi connectivity index (χ4n) is 4.62. The number of carbonyl (C=O) groups excluding carboxylic acids is 2. The maximum Gasteiger partial charge on any atom is 0.326 e.